The Hall–Kier alpha value is -5.39. The van der Waals surface area contributed by atoms with Crippen molar-refractivity contribution in [2.45, 2.75) is 14.7 Å². The van der Waals surface area contributed by atoms with Crippen LogP contribution in [-0.2, 0) is 30.4 Å². The van der Waals surface area contributed by atoms with E-state index in [0.717, 1.165) is 48.5 Å². The van der Waals surface area contributed by atoms with Crippen LogP contribution in [0.1, 0.15) is 0 Å². The zero-order chi connectivity index (χ0) is 39.8. The minimum absolute atomic E-state index is 0.129. The summed E-state index contributed by atoms with van der Waals surface area (Å²) in [6.07, 6.45) is 0. The van der Waals surface area contributed by atoms with Gasteiger partial charge in [-0.2, -0.15) is 42.8 Å². The molecule has 0 aromatic heterocycles. The zero-order valence-corrected chi connectivity index (χ0v) is 28.2. The van der Waals surface area contributed by atoms with E-state index in [4.69, 9.17) is 9.47 Å². The van der Waals surface area contributed by atoms with E-state index in [2.05, 4.69) is 0 Å². The predicted octanol–water partition coefficient (Wildman–Crippen LogP) is 8.10. The van der Waals surface area contributed by atoms with Crippen molar-refractivity contribution in [3.63, 3.8) is 0 Å². The fraction of sp³-hybridized carbons (Fsp3) is 0. The van der Waals surface area contributed by atoms with Crippen molar-refractivity contribution in [2.24, 2.45) is 0 Å². The van der Waals surface area contributed by atoms with Crippen LogP contribution in [0, 0.1) is 46.5 Å². The minimum atomic E-state index is -5.29. The summed E-state index contributed by atoms with van der Waals surface area (Å²) < 4.78 is 230. The molecule has 0 atom stereocenters. The van der Waals surface area contributed by atoms with Crippen molar-refractivity contribution in [3.8, 4) is 34.1 Å². The van der Waals surface area contributed by atoms with E-state index in [1.165, 1.54) is 0 Å². The molecule has 0 aliphatic rings. The maximum Gasteiger partial charge on any atom is 0.295 e. The molecule has 282 valence electrons. The maximum atomic E-state index is 15.3. The van der Waals surface area contributed by atoms with Crippen LogP contribution in [0.25, 0.3) is 32.7 Å². The van der Waals surface area contributed by atoms with Gasteiger partial charge in [-0.1, -0.05) is 18.2 Å². The highest BCUT2D eigenvalue weighted by Crippen LogP contribution is 2.44. The van der Waals surface area contributed by atoms with Gasteiger partial charge in [-0.15, -0.1) is 0 Å². The molecule has 0 amide bonds. The van der Waals surface area contributed by atoms with E-state index in [0.29, 0.717) is 18.2 Å². The largest absolute Gasteiger partial charge is 0.451 e. The van der Waals surface area contributed by atoms with Crippen LogP contribution in [-0.4, -0.2) is 38.9 Å². The molecule has 3 N–H and O–H groups in total. The van der Waals surface area contributed by atoms with Crippen LogP contribution < -0.4 is 9.47 Å². The number of fused-ring (bicyclic) bond motifs is 2. The summed E-state index contributed by atoms with van der Waals surface area (Å²) in [5.41, 5.74) is -4.53. The van der Waals surface area contributed by atoms with Gasteiger partial charge in [0.15, 0.2) is 23.3 Å². The molecule has 6 rings (SSSR count). The quantitative estimate of drug-likeness (QED) is 0.0767. The monoisotopic (exact) mass is 822 g/mol. The molecule has 6 aromatic carbocycles. The summed E-state index contributed by atoms with van der Waals surface area (Å²) in [7, 11) is -14.9. The molecule has 0 fully saturated rings. The topological polar surface area (TPSA) is 182 Å². The molecular weight excluding hydrogens is 809 g/mol. The first-order valence-corrected chi connectivity index (χ1v) is 18.4. The summed E-state index contributed by atoms with van der Waals surface area (Å²) in [6, 6.07) is 9.38. The SMILES string of the molecule is O=S(=O)(O)c1ccc2cc(Oc3c(F)c(F)c(-c4c(F)c(F)c(Oc5ccc6cc(S(=O)(=O)O)cc(S(=O)(=O)O)c6c5)c(F)c4F)c(F)c3F)ccc2c1. The number of halogens is 8. The normalized spacial score (nSPS) is 12.4. The highest BCUT2D eigenvalue weighted by Gasteiger charge is 2.36. The minimum Gasteiger partial charge on any atom is -0.451 e. The highest BCUT2D eigenvalue weighted by atomic mass is 32.2. The Labute approximate surface area is 296 Å². The van der Waals surface area contributed by atoms with E-state index in [-0.39, 0.29) is 16.2 Å². The molecule has 0 aliphatic carbocycles. The molecular formula is C32H14F8O11S3. The van der Waals surface area contributed by atoms with Gasteiger partial charge in [0.25, 0.3) is 30.4 Å². The average molecular weight is 823 g/mol. The third-order valence-corrected chi connectivity index (χ3v) is 10.2. The van der Waals surface area contributed by atoms with Gasteiger partial charge in [-0.3, -0.25) is 13.7 Å². The lowest BCUT2D eigenvalue weighted by Gasteiger charge is -2.16. The van der Waals surface area contributed by atoms with Crippen molar-refractivity contribution in [1.29, 1.82) is 0 Å². The smallest absolute Gasteiger partial charge is 0.295 e. The van der Waals surface area contributed by atoms with Gasteiger partial charge in [0, 0.05) is 5.39 Å². The summed E-state index contributed by atoms with van der Waals surface area (Å²) in [4.78, 5) is -2.70. The van der Waals surface area contributed by atoms with E-state index >= 15 is 35.1 Å². The maximum absolute atomic E-state index is 15.3. The third kappa shape index (κ3) is 6.78. The molecule has 22 heteroatoms. The number of benzene rings is 6. The number of hydrogen-bond acceptors (Lipinski definition) is 8. The summed E-state index contributed by atoms with van der Waals surface area (Å²) in [6.45, 7) is 0. The van der Waals surface area contributed by atoms with Gasteiger partial charge in [-0.25, -0.2) is 17.6 Å². The van der Waals surface area contributed by atoms with Crippen LogP contribution in [0.15, 0.2) is 81.4 Å². The molecule has 54 heavy (non-hydrogen) atoms. The molecule has 0 aliphatic heterocycles. The van der Waals surface area contributed by atoms with Crippen molar-refractivity contribution >= 4 is 51.9 Å². The molecule has 0 saturated carbocycles. The van der Waals surface area contributed by atoms with E-state index in [9.17, 15) is 38.9 Å². The van der Waals surface area contributed by atoms with Crippen LogP contribution in [0.5, 0.6) is 23.0 Å². The molecule has 11 nitrogen and oxygen atoms in total. The molecule has 0 bridgehead atoms. The molecule has 0 unspecified atom stereocenters. The van der Waals surface area contributed by atoms with Crippen molar-refractivity contribution < 1.29 is 83.5 Å². The fourth-order valence-electron chi connectivity index (χ4n) is 5.21. The van der Waals surface area contributed by atoms with Crippen LogP contribution in [0.2, 0.25) is 0 Å². The van der Waals surface area contributed by atoms with Gasteiger partial charge in [0.1, 0.15) is 16.4 Å². The summed E-state index contributed by atoms with van der Waals surface area (Å²) >= 11 is 0. The van der Waals surface area contributed by atoms with E-state index in [1.54, 1.807) is 0 Å². The molecule has 0 spiro atoms. The van der Waals surface area contributed by atoms with Gasteiger partial charge in [-0.05, 0) is 64.7 Å². The lowest BCUT2D eigenvalue weighted by Crippen LogP contribution is -2.09. The van der Waals surface area contributed by atoms with Gasteiger partial charge in [0.2, 0.25) is 34.8 Å². The number of rotatable bonds is 8. The zero-order valence-electron chi connectivity index (χ0n) is 25.7. The van der Waals surface area contributed by atoms with Crippen molar-refractivity contribution in [3.05, 3.63) is 113 Å². The van der Waals surface area contributed by atoms with Gasteiger partial charge < -0.3 is 9.47 Å². The van der Waals surface area contributed by atoms with Crippen LogP contribution in [0.4, 0.5) is 35.1 Å². The van der Waals surface area contributed by atoms with Gasteiger partial charge in [0.05, 0.1) is 20.9 Å². The second-order valence-corrected chi connectivity index (χ2v) is 15.3. The second-order valence-electron chi connectivity index (χ2n) is 11.0. The Morgan fingerprint density at radius 3 is 1.24 bits per heavy atom. The Bertz CT molecular complexity index is 2900. The Morgan fingerprint density at radius 1 is 0.407 bits per heavy atom. The van der Waals surface area contributed by atoms with Gasteiger partial charge >= 0.3 is 0 Å². The Kier molecular flexibility index (Phi) is 9.35. The molecule has 6 aromatic rings. The van der Waals surface area contributed by atoms with Crippen molar-refractivity contribution in [1.82, 2.24) is 0 Å². The standard InChI is InChI=1S/C32H14F8O11S3/c33-23-21(24(34)28(38)31(27(23)37)50-15-4-1-13-8-17(52(41,42)43)6-3-12(13)7-15)22-25(35)29(39)32(30(40)26(22)36)51-16-5-2-14-9-18(53(44,45)46)11-20(19(14)10-16)54(47,48)49/h1-11H,(H,41,42,43)(H,44,45,46)(H,47,48,49). The Morgan fingerprint density at radius 2 is 0.796 bits per heavy atom. The van der Waals surface area contributed by atoms with Crippen LogP contribution >= 0.6 is 0 Å². The van der Waals surface area contributed by atoms with Crippen molar-refractivity contribution in [2.75, 3.05) is 0 Å². The predicted molar refractivity (Wildman–Crippen MR) is 169 cm³/mol. The van der Waals surface area contributed by atoms with Crippen LogP contribution in [0.3, 0.4) is 0 Å². The fourth-order valence-corrected chi connectivity index (χ4v) is 7.07. The summed E-state index contributed by atoms with van der Waals surface area (Å²) in [5, 5.41) is -0.667. The lowest BCUT2D eigenvalue weighted by atomic mass is 10.0. The molecule has 0 saturated heterocycles. The number of hydrogen-bond donors (Lipinski definition) is 3. The number of ether oxygens (including phenoxy) is 2. The highest BCUT2D eigenvalue weighted by molar-refractivity contribution is 7.87. The first-order valence-electron chi connectivity index (χ1n) is 14.1. The first-order chi connectivity index (χ1) is 25.0. The second kappa shape index (κ2) is 13.2. The molecule has 0 heterocycles. The van der Waals surface area contributed by atoms with E-state index in [1.807, 2.05) is 0 Å². The lowest BCUT2D eigenvalue weighted by molar-refractivity contribution is 0.360. The third-order valence-electron chi connectivity index (χ3n) is 7.65. The Balaban J connectivity index is 1.41. The van der Waals surface area contributed by atoms with E-state index < -0.39 is 131 Å². The first kappa shape index (κ1) is 38.3. The summed E-state index contributed by atoms with van der Waals surface area (Å²) in [5.74, 6) is -25.4. The average Bonchev–Trinajstić information content (AvgIpc) is 3.09. The molecule has 0 radical (unpaired) electrons.